The Labute approximate surface area is 234 Å². The van der Waals surface area contributed by atoms with Crippen LogP contribution in [-0.4, -0.2) is 34.7 Å². The molecule has 1 saturated carbocycles. The SMILES string of the molecule is Cc1onc(-c2ccccc2)c1C(=O)NC[C@]1(C)C[C@@H](NC(=O)c2c(-c3ccccc3)noc2C)CC(C)(C)C1. The Kier molecular flexibility index (Phi) is 7.36. The summed E-state index contributed by atoms with van der Waals surface area (Å²) in [6, 6.07) is 19.1. The fourth-order valence-electron chi connectivity index (χ4n) is 6.38. The zero-order chi connectivity index (χ0) is 28.5. The molecule has 0 bridgehead atoms. The molecule has 2 aromatic carbocycles. The van der Waals surface area contributed by atoms with E-state index < -0.39 is 0 Å². The van der Waals surface area contributed by atoms with Crippen molar-refractivity contribution in [2.24, 2.45) is 10.8 Å². The fraction of sp³-hybridized carbons (Fsp3) is 0.375. The Balaban J connectivity index is 1.31. The first kappa shape index (κ1) is 27.4. The summed E-state index contributed by atoms with van der Waals surface area (Å²) < 4.78 is 10.8. The van der Waals surface area contributed by atoms with Crippen molar-refractivity contribution in [3.8, 4) is 22.5 Å². The van der Waals surface area contributed by atoms with Gasteiger partial charge in [0.2, 0.25) is 0 Å². The smallest absolute Gasteiger partial charge is 0.257 e. The monoisotopic (exact) mass is 540 g/mol. The highest BCUT2D eigenvalue weighted by Gasteiger charge is 2.42. The molecular weight excluding hydrogens is 504 g/mol. The molecule has 1 aliphatic rings. The number of benzene rings is 2. The van der Waals surface area contributed by atoms with E-state index in [9.17, 15) is 9.59 Å². The molecule has 0 saturated heterocycles. The van der Waals surface area contributed by atoms with E-state index in [1.165, 1.54) is 0 Å². The lowest BCUT2D eigenvalue weighted by Gasteiger charge is -2.47. The minimum Gasteiger partial charge on any atom is -0.360 e. The molecule has 5 rings (SSSR count). The molecule has 0 aliphatic heterocycles. The molecule has 2 N–H and O–H groups in total. The molecule has 0 unspecified atom stereocenters. The van der Waals surface area contributed by atoms with E-state index in [4.69, 9.17) is 9.05 Å². The Hall–Kier alpha value is -4.20. The first-order valence-electron chi connectivity index (χ1n) is 13.7. The van der Waals surface area contributed by atoms with Crippen LogP contribution in [0.5, 0.6) is 0 Å². The molecule has 4 aromatic rings. The predicted molar refractivity (Wildman–Crippen MR) is 153 cm³/mol. The minimum absolute atomic E-state index is 0.0378. The summed E-state index contributed by atoms with van der Waals surface area (Å²) in [5.74, 6) is 0.559. The molecule has 208 valence electrons. The van der Waals surface area contributed by atoms with Crippen molar-refractivity contribution in [3.63, 3.8) is 0 Å². The van der Waals surface area contributed by atoms with E-state index in [0.717, 1.165) is 30.4 Å². The molecule has 2 amide bonds. The number of nitrogens with zero attached hydrogens (tertiary/aromatic N) is 2. The molecule has 40 heavy (non-hydrogen) atoms. The summed E-state index contributed by atoms with van der Waals surface area (Å²) >= 11 is 0. The molecule has 2 heterocycles. The third-order valence-corrected chi connectivity index (χ3v) is 7.73. The average molecular weight is 541 g/mol. The molecule has 2 aromatic heterocycles. The summed E-state index contributed by atoms with van der Waals surface area (Å²) in [5.41, 5.74) is 3.37. The number of hydrogen-bond donors (Lipinski definition) is 2. The second-order valence-corrected chi connectivity index (χ2v) is 12.1. The lowest BCUT2D eigenvalue weighted by atomic mass is 9.62. The van der Waals surface area contributed by atoms with Gasteiger partial charge in [-0.05, 0) is 43.9 Å². The fourth-order valence-corrected chi connectivity index (χ4v) is 6.38. The van der Waals surface area contributed by atoms with E-state index in [-0.39, 0.29) is 28.7 Å². The largest absolute Gasteiger partial charge is 0.360 e. The van der Waals surface area contributed by atoms with Gasteiger partial charge in [0.05, 0.1) is 0 Å². The van der Waals surface area contributed by atoms with E-state index >= 15 is 0 Å². The van der Waals surface area contributed by atoms with Gasteiger partial charge < -0.3 is 19.7 Å². The molecule has 8 nitrogen and oxygen atoms in total. The number of rotatable bonds is 7. The van der Waals surface area contributed by atoms with Gasteiger partial charge >= 0.3 is 0 Å². The molecule has 0 radical (unpaired) electrons. The quantitative estimate of drug-likeness (QED) is 0.282. The summed E-state index contributed by atoms with van der Waals surface area (Å²) in [4.78, 5) is 26.9. The van der Waals surface area contributed by atoms with Crippen LogP contribution in [0.3, 0.4) is 0 Å². The van der Waals surface area contributed by atoms with Crippen LogP contribution in [0.15, 0.2) is 69.7 Å². The zero-order valence-electron chi connectivity index (χ0n) is 23.7. The Morgan fingerprint density at radius 1 is 0.800 bits per heavy atom. The third-order valence-electron chi connectivity index (χ3n) is 7.73. The second kappa shape index (κ2) is 10.8. The molecule has 1 fully saturated rings. The summed E-state index contributed by atoms with van der Waals surface area (Å²) in [5, 5.41) is 14.7. The maximum atomic E-state index is 13.5. The highest BCUT2D eigenvalue weighted by molar-refractivity contribution is 6.01. The Morgan fingerprint density at radius 3 is 1.82 bits per heavy atom. The molecule has 2 atom stereocenters. The first-order valence-corrected chi connectivity index (χ1v) is 13.7. The van der Waals surface area contributed by atoms with Gasteiger partial charge in [0, 0.05) is 23.7 Å². The van der Waals surface area contributed by atoms with Crippen LogP contribution in [0.1, 0.15) is 72.3 Å². The van der Waals surface area contributed by atoms with Crippen LogP contribution in [0.2, 0.25) is 0 Å². The van der Waals surface area contributed by atoms with Crippen molar-refractivity contribution in [1.82, 2.24) is 20.9 Å². The van der Waals surface area contributed by atoms with Crippen molar-refractivity contribution in [2.75, 3.05) is 6.54 Å². The maximum absolute atomic E-state index is 13.5. The van der Waals surface area contributed by atoms with E-state index in [0.29, 0.717) is 40.6 Å². The Morgan fingerprint density at radius 2 is 1.30 bits per heavy atom. The predicted octanol–water partition coefficient (Wildman–Crippen LogP) is 6.36. The van der Waals surface area contributed by atoms with Gasteiger partial charge in [0.25, 0.3) is 11.8 Å². The van der Waals surface area contributed by atoms with Crippen molar-refractivity contribution in [3.05, 3.63) is 83.3 Å². The van der Waals surface area contributed by atoms with E-state index in [2.05, 4.69) is 41.7 Å². The van der Waals surface area contributed by atoms with Crippen molar-refractivity contribution in [2.45, 2.75) is 59.9 Å². The normalized spacial score (nSPS) is 20.2. The van der Waals surface area contributed by atoms with Crippen LogP contribution in [0, 0.1) is 24.7 Å². The van der Waals surface area contributed by atoms with Gasteiger partial charge in [0.1, 0.15) is 34.0 Å². The van der Waals surface area contributed by atoms with Gasteiger partial charge in [-0.25, -0.2) is 0 Å². The summed E-state index contributed by atoms with van der Waals surface area (Å²) in [6.07, 6.45) is 2.46. The average Bonchev–Trinajstić information content (AvgIpc) is 3.49. The topological polar surface area (TPSA) is 110 Å². The molecule has 8 heteroatoms. The van der Waals surface area contributed by atoms with E-state index in [1.807, 2.05) is 60.7 Å². The number of carbonyl (C=O) groups excluding carboxylic acids is 2. The van der Waals surface area contributed by atoms with Crippen LogP contribution in [-0.2, 0) is 0 Å². The van der Waals surface area contributed by atoms with E-state index in [1.54, 1.807) is 13.8 Å². The van der Waals surface area contributed by atoms with Gasteiger partial charge in [-0.3, -0.25) is 9.59 Å². The highest BCUT2D eigenvalue weighted by atomic mass is 16.5. The van der Waals surface area contributed by atoms with Crippen LogP contribution in [0.4, 0.5) is 0 Å². The Bertz CT molecular complexity index is 1510. The van der Waals surface area contributed by atoms with Gasteiger partial charge in [-0.2, -0.15) is 0 Å². The summed E-state index contributed by atoms with van der Waals surface area (Å²) in [6.45, 7) is 10.6. The highest BCUT2D eigenvalue weighted by Crippen LogP contribution is 2.46. The van der Waals surface area contributed by atoms with Gasteiger partial charge in [-0.1, -0.05) is 91.7 Å². The van der Waals surface area contributed by atoms with Crippen molar-refractivity contribution < 1.29 is 18.6 Å². The van der Waals surface area contributed by atoms with Crippen molar-refractivity contribution >= 4 is 11.8 Å². The maximum Gasteiger partial charge on any atom is 0.257 e. The standard InChI is InChI=1S/C32H36N4O4/c1-20-25(27(35-39-20)22-12-8-6-9-13-22)29(37)33-19-32(5)17-24(16-31(3,4)18-32)34-30(38)26-21(2)40-36-28(26)23-14-10-7-11-15-23/h6-15,24H,16-19H2,1-5H3,(H,33,37)(H,34,38)/t24-,32+/m0/s1. The number of aromatic nitrogens is 2. The van der Waals surface area contributed by atoms with Crippen molar-refractivity contribution in [1.29, 1.82) is 0 Å². The number of hydrogen-bond acceptors (Lipinski definition) is 6. The summed E-state index contributed by atoms with van der Waals surface area (Å²) in [7, 11) is 0. The van der Waals surface area contributed by atoms with Gasteiger partial charge in [0.15, 0.2) is 0 Å². The first-order chi connectivity index (χ1) is 19.1. The zero-order valence-corrected chi connectivity index (χ0v) is 23.7. The van der Waals surface area contributed by atoms with Gasteiger partial charge in [-0.15, -0.1) is 0 Å². The minimum atomic E-state index is -0.237. The third kappa shape index (κ3) is 5.71. The molecule has 0 spiro atoms. The molecular formula is C32H36N4O4. The number of carbonyl (C=O) groups is 2. The van der Waals surface area contributed by atoms with Crippen LogP contribution < -0.4 is 10.6 Å². The molecule has 1 aliphatic carbocycles. The number of aryl methyl sites for hydroxylation is 2. The number of nitrogens with one attached hydrogen (secondary N) is 2. The van der Waals surface area contributed by atoms with Crippen LogP contribution in [0.25, 0.3) is 22.5 Å². The van der Waals surface area contributed by atoms with Crippen LogP contribution >= 0.6 is 0 Å². The second-order valence-electron chi connectivity index (χ2n) is 12.1. The number of amides is 2. The lowest BCUT2D eigenvalue weighted by molar-refractivity contribution is 0.0591. The lowest BCUT2D eigenvalue weighted by Crippen LogP contribution is -2.50.